The lowest BCUT2D eigenvalue weighted by Gasteiger charge is -2.41. The number of Topliss-reactive ketones (excluding diaryl/α,β-unsaturated/α-hetero) is 1. The van der Waals surface area contributed by atoms with E-state index in [1.807, 2.05) is 19.1 Å². The first-order valence-electron chi connectivity index (χ1n) is 10.3. The Morgan fingerprint density at radius 3 is 2.68 bits per heavy atom. The molecule has 152 valence electrons. The van der Waals surface area contributed by atoms with Gasteiger partial charge in [0.25, 0.3) is 0 Å². The third-order valence-corrected chi connectivity index (χ3v) is 5.99. The maximum absolute atomic E-state index is 13.0. The summed E-state index contributed by atoms with van der Waals surface area (Å²) in [6, 6.07) is 5.90. The van der Waals surface area contributed by atoms with Crippen molar-refractivity contribution in [1.82, 2.24) is 9.80 Å². The molecule has 0 N–H and O–H groups in total. The molecule has 0 unspecified atom stereocenters. The number of likely N-dealkylation sites (tertiary alicyclic amines) is 2. The number of carbonyl (C=O) groups excluding carboxylic acids is 2. The molecule has 1 atom stereocenters. The first kappa shape index (κ1) is 19.1. The Bertz CT molecular complexity index is 730. The van der Waals surface area contributed by atoms with Gasteiger partial charge in [0.1, 0.15) is 0 Å². The fourth-order valence-electron chi connectivity index (χ4n) is 4.47. The first-order chi connectivity index (χ1) is 13.7. The molecule has 0 aliphatic carbocycles. The van der Waals surface area contributed by atoms with Gasteiger partial charge in [-0.1, -0.05) is 0 Å². The van der Waals surface area contributed by atoms with Gasteiger partial charge in [0, 0.05) is 37.2 Å². The van der Waals surface area contributed by atoms with Gasteiger partial charge in [-0.05, 0) is 57.4 Å². The van der Waals surface area contributed by atoms with Crippen molar-refractivity contribution in [3.8, 4) is 11.5 Å². The SMILES string of the molecule is CCOC(=O)N1CCC(N2CCC[C@@H](C(=O)c3ccc4c(c3)OCO4)C2)CC1. The molecule has 2 saturated heterocycles. The van der Waals surface area contributed by atoms with Gasteiger partial charge < -0.3 is 19.1 Å². The van der Waals surface area contributed by atoms with Gasteiger partial charge in [-0.15, -0.1) is 0 Å². The van der Waals surface area contributed by atoms with Crippen molar-refractivity contribution in [3.63, 3.8) is 0 Å². The summed E-state index contributed by atoms with van der Waals surface area (Å²) >= 11 is 0. The lowest BCUT2D eigenvalue weighted by Crippen LogP contribution is -2.50. The number of piperidine rings is 2. The number of carbonyl (C=O) groups is 2. The maximum atomic E-state index is 13.0. The van der Waals surface area contributed by atoms with E-state index < -0.39 is 0 Å². The zero-order valence-electron chi connectivity index (χ0n) is 16.4. The maximum Gasteiger partial charge on any atom is 0.409 e. The molecule has 4 rings (SSSR count). The van der Waals surface area contributed by atoms with Crippen LogP contribution in [0.1, 0.15) is 43.0 Å². The normalized spacial score (nSPS) is 22.9. The molecule has 28 heavy (non-hydrogen) atoms. The third-order valence-electron chi connectivity index (χ3n) is 5.99. The fourth-order valence-corrected chi connectivity index (χ4v) is 4.47. The predicted molar refractivity (Wildman–Crippen MR) is 103 cm³/mol. The summed E-state index contributed by atoms with van der Waals surface area (Å²) in [4.78, 5) is 29.2. The van der Waals surface area contributed by atoms with Gasteiger partial charge in [-0.25, -0.2) is 4.79 Å². The van der Waals surface area contributed by atoms with Crippen LogP contribution in [0.3, 0.4) is 0 Å². The third kappa shape index (κ3) is 3.94. The Hall–Kier alpha value is -2.28. The van der Waals surface area contributed by atoms with Crippen molar-refractivity contribution in [2.24, 2.45) is 5.92 Å². The van der Waals surface area contributed by atoms with E-state index in [2.05, 4.69) is 4.90 Å². The standard InChI is InChI=1S/C21H28N2O5/c1-2-26-21(25)22-10-7-17(8-11-22)23-9-3-4-16(13-23)20(24)15-5-6-18-19(12-15)28-14-27-18/h5-6,12,16-17H,2-4,7-11,13-14H2,1H3/t16-/m1/s1. The van der Waals surface area contributed by atoms with E-state index in [9.17, 15) is 9.59 Å². The number of fused-ring (bicyclic) bond motifs is 1. The van der Waals surface area contributed by atoms with Gasteiger partial charge in [-0.2, -0.15) is 0 Å². The van der Waals surface area contributed by atoms with Crippen LogP contribution in [0.2, 0.25) is 0 Å². The van der Waals surface area contributed by atoms with Crippen LogP contribution in [-0.4, -0.2) is 67.3 Å². The molecule has 7 heteroatoms. The van der Waals surface area contributed by atoms with Gasteiger partial charge in [0.2, 0.25) is 6.79 Å². The second-order valence-electron chi connectivity index (χ2n) is 7.68. The highest BCUT2D eigenvalue weighted by Crippen LogP contribution is 2.34. The van der Waals surface area contributed by atoms with Crippen molar-refractivity contribution in [2.75, 3.05) is 39.6 Å². The molecule has 3 aliphatic rings. The molecular weight excluding hydrogens is 360 g/mol. The lowest BCUT2D eigenvalue weighted by molar-refractivity contribution is 0.0532. The Morgan fingerprint density at radius 2 is 1.89 bits per heavy atom. The van der Waals surface area contributed by atoms with Crippen LogP contribution >= 0.6 is 0 Å². The van der Waals surface area contributed by atoms with Crippen molar-refractivity contribution in [2.45, 2.75) is 38.6 Å². The molecule has 1 aromatic rings. The van der Waals surface area contributed by atoms with Crippen molar-refractivity contribution in [3.05, 3.63) is 23.8 Å². The summed E-state index contributed by atoms with van der Waals surface area (Å²) in [5, 5.41) is 0. The Balaban J connectivity index is 1.34. The van der Waals surface area contributed by atoms with E-state index in [1.165, 1.54) is 0 Å². The Morgan fingerprint density at radius 1 is 1.11 bits per heavy atom. The summed E-state index contributed by atoms with van der Waals surface area (Å²) < 4.78 is 15.9. The Kier molecular flexibility index (Phi) is 5.71. The highest BCUT2D eigenvalue weighted by Gasteiger charge is 2.33. The van der Waals surface area contributed by atoms with E-state index in [4.69, 9.17) is 14.2 Å². The number of benzene rings is 1. The van der Waals surface area contributed by atoms with Crippen molar-refractivity contribution < 1.29 is 23.8 Å². The van der Waals surface area contributed by atoms with Crippen molar-refractivity contribution in [1.29, 1.82) is 0 Å². The smallest absolute Gasteiger partial charge is 0.409 e. The molecule has 0 bridgehead atoms. The number of hydrogen-bond donors (Lipinski definition) is 0. The molecule has 3 heterocycles. The van der Waals surface area contributed by atoms with E-state index >= 15 is 0 Å². The fraction of sp³-hybridized carbons (Fsp3) is 0.619. The second kappa shape index (κ2) is 8.39. The number of amides is 1. The summed E-state index contributed by atoms with van der Waals surface area (Å²) in [7, 11) is 0. The summed E-state index contributed by atoms with van der Waals surface area (Å²) in [5.41, 5.74) is 0.702. The molecule has 1 amide bonds. The predicted octanol–water partition coefficient (Wildman–Crippen LogP) is 2.93. The highest BCUT2D eigenvalue weighted by molar-refractivity contribution is 5.98. The molecule has 7 nitrogen and oxygen atoms in total. The highest BCUT2D eigenvalue weighted by atomic mass is 16.7. The monoisotopic (exact) mass is 388 g/mol. The van der Waals surface area contributed by atoms with Gasteiger partial charge in [-0.3, -0.25) is 9.69 Å². The number of nitrogens with zero attached hydrogens (tertiary/aromatic N) is 2. The zero-order valence-corrected chi connectivity index (χ0v) is 16.4. The summed E-state index contributed by atoms with van der Waals surface area (Å²) in [5.74, 6) is 1.56. The van der Waals surface area contributed by atoms with Crippen LogP contribution in [0.5, 0.6) is 11.5 Å². The van der Waals surface area contributed by atoms with E-state index in [-0.39, 0.29) is 24.6 Å². The number of ketones is 1. The van der Waals surface area contributed by atoms with Crippen LogP contribution in [0.15, 0.2) is 18.2 Å². The number of hydrogen-bond acceptors (Lipinski definition) is 6. The minimum atomic E-state index is -0.213. The average Bonchev–Trinajstić information content (AvgIpc) is 3.21. The van der Waals surface area contributed by atoms with Gasteiger partial charge >= 0.3 is 6.09 Å². The number of ether oxygens (including phenoxy) is 3. The largest absolute Gasteiger partial charge is 0.454 e. The number of rotatable bonds is 4. The van der Waals surface area contributed by atoms with E-state index in [0.29, 0.717) is 29.7 Å². The Labute approximate surface area is 165 Å². The lowest BCUT2D eigenvalue weighted by atomic mass is 9.88. The minimum absolute atomic E-state index is 0.0113. The first-order valence-corrected chi connectivity index (χ1v) is 10.3. The van der Waals surface area contributed by atoms with Gasteiger partial charge in [0.05, 0.1) is 6.61 Å². The summed E-state index contributed by atoms with van der Waals surface area (Å²) in [6.45, 7) is 5.72. The molecular formula is C21H28N2O5. The molecule has 0 saturated carbocycles. The summed E-state index contributed by atoms with van der Waals surface area (Å²) in [6.07, 6.45) is 3.60. The van der Waals surface area contributed by atoms with Crippen LogP contribution in [0, 0.1) is 5.92 Å². The average molecular weight is 388 g/mol. The van der Waals surface area contributed by atoms with Crippen LogP contribution < -0.4 is 9.47 Å². The molecule has 0 spiro atoms. The zero-order chi connectivity index (χ0) is 19.5. The molecule has 0 aromatic heterocycles. The van der Waals surface area contributed by atoms with Crippen LogP contribution in [0.4, 0.5) is 4.79 Å². The second-order valence-corrected chi connectivity index (χ2v) is 7.68. The van der Waals surface area contributed by atoms with E-state index in [0.717, 1.165) is 51.9 Å². The van der Waals surface area contributed by atoms with Crippen molar-refractivity contribution >= 4 is 11.9 Å². The molecule has 1 aromatic carbocycles. The van der Waals surface area contributed by atoms with Crippen LogP contribution in [0.25, 0.3) is 0 Å². The topological polar surface area (TPSA) is 68.3 Å². The molecule has 0 radical (unpaired) electrons. The van der Waals surface area contributed by atoms with E-state index in [1.54, 1.807) is 11.0 Å². The van der Waals surface area contributed by atoms with Gasteiger partial charge in [0.15, 0.2) is 17.3 Å². The van der Waals surface area contributed by atoms with Crippen LogP contribution in [-0.2, 0) is 4.74 Å². The minimum Gasteiger partial charge on any atom is -0.454 e. The molecule has 3 aliphatic heterocycles. The molecule has 2 fully saturated rings. The quantitative estimate of drug-likeness (QED) is 0.739.